The van der Waals surface area contributed by atoms with Gasteiger partial charge < -0.3 is 33.8 Å². The van der Waals surface area contributed by atoms with Crippen LogP contribution in [-0.4, -0.2) is 96.7 Å². The van der Waals surface area contributed by atoms with Crippen LogP contribution in [0.1, 0.15) is 349 Å². The lowest BCUT2D eigenvalue weighted by molar-refractivity contribution is -0.161. The van der Waals surface area contributed by atoms with Crippen LogP contribution >= 0.6 is 15.6 Å². The Hall–Kier alpha value is -4.28. The van der Waals surface area contributed by atoms with Gasteiger partial charge in [-0.25, -0.2) is 9.13 Å². The Morgan fingerprint density at radius 1 is 0.279 bits per heavy atom. The number of aliphatic hydroxyl groups is 1. The number of esters is 4. The van der Waals surface area contributed by atoms with Crippen LogP contribution in [0.5, 0.6) is 0 Å². The first-order chi connectivity index (χ1) is 50.7. The molecule has 600 valence electrons. The second-order valence-corrected chi connectivity index (χ2v) is 30.2. The van der Waals surface area contributed by atoms with E-state index >= 15 is 0 Å². The van der Waals surface area contributed by atoms with Crippen LogP contribution < -0.4 is 0 Å². The Bertz CT molecular complexity index is 2390. The fraction of sp³-hybridized carbons (Fsp3) is 0.741. The number of rotatable bonds is 77. The highest BCUT2D eigenvalue weighted by molar-refractivity contribution is 7.47. The van der Waals surface area contributed by atoms with E-state index in [-0.39, 0.29) is 25.7 Å². The number of ether oxygens (including phenoxy) is 4. The zero-order valence-corrected chi connectivity index (χ0v) is 67.5. The summed E-state index contributed by atoms with van der Waals surface area (Å²) in [6.45, 7) is 4.68. The van der Waals surface area contributed by atoms with Crippen LogP contribution in [0.2, 0.25) is 0 Å². The molecule has 17 nitrogen and oxygen atoms in total. The van der Waals surface area contributed by atoms with E-state index in [1.165, 1.54) is 96.3 Å². The maximum Gasteiger partial charge on any atom is 0.472 e. The molecule has 0 aromatic carbocycles. The average Bonchev–Trinajstić information content (AvgIpc) is 0.929. The van der Waals surface area contributed by atoms with Gasteiger partial charge in [0, 0.05) is 25.7 Å². The molecule has 0 rings (SSSR count). The Kier molecular flexibility index (Phi) is 73.7. The predicted molar refractivity (Wildman–Crippen MR) is 427 cm³/mol. The van der Waals surface area contributed by atoms with E-state index in [1.807, 2.05) is 0 Å². The minimum absolute atomic E-state index is 0.0808. The van der Waals surface area contributed by atoms with Gasteiger partial charge in [-0.3, -0.25) is 37.3 Å². The molecule has 104 heavy (non-hydrogen) atoms. The largest absolute Gasteiger partial charge is 0.472 e. The quantitative estimate of drug-likeness (QED) is 0.0169. The molecule has 5 atom stereocenters. The number of phosphoric ester groups is 2. The zero-order chi connectivity index (χ0) is 76.0. The van der Waals surface area contributed by atoms with Gasteiger partial charge in [0.25, 0.3) is 0 Å². The smallest absolute Gasteiger partial charge is 0.462 e. The number of hydrogen-bond donors (Lipinski definition) is 3. The number of aliphatic hydroxyl groups excluding tert-OH is 1. The summed E-state index contributed by atoms with van der Waals surface area (Å²) in [7, 11) is -9.97. The number of allylic oxidation sites excluding steroid dienone is 18. The first-order valence-corrected chi connectivity index (χ1v) is 44.1. The van der Waals surface area contributed by atoms with Crippen molar-refractivity contribution in [1.82, 2.24) is 0 Å². The van der Waals surface area contributed by atoms with Gasteiger partial charge in [0.1, 0.15) is 19.3 Å². The van der Waals surface area contributed by atoms with Crippen LogP contribution in [0.3, 0.4) is 0 Å². The van der Waals surface area contributed by atoms with E-state index in [0.717, 1.165) is 173 Å². The number of carbonyl (C=O) groups is 4. The highest BCUT2D eigenvalue weighted by Crippen LogP contribution is 2.45. The maximum atomic E-state index is 13.1. The monoisotopic (exact) mass is 1500 g/mol. The van der Waals surface area contributed by atoms with E-state index in [9.17, 15) is 43.2 Å². The molecule has 0 radical (unpaired) electrons. The summed E-state index contributed by atoms with van der Waals surface area (Å²) in [6, 6.07) is 0. The summed E-state index contributed by atoms with van der Waals surface area (Å²) in [5.41, 5.74) is 0. The first-order valence-electron chi connectivity index (χ1n) is 41.1. The van der Waals surface area contributed by atoms with Crippen molar-refractivity contribution in [2.75, 3.05) is 39.6 Å². The van der Waals surface area contributed by atoms with E-state index in [1.54, 1.807) is 0 Å². The molecule has 0 spiro atoms. The molecule has 0 aliphatic carbocycles. The molecule has 0 aliphatic rings. The van der Waals surface area contributed by atoms with Crippen LogP contribution in [0.15, 0.2) is 109 Å². The van der Waals surface area contributed by atoms with Crippen molar-refractivity contribution in [2.45, 2.75) is 367 Å². The van der Waals surface area contributed by atoms with E-state index in [0.29, 0.717) is 25.7 Å². The van der Waals surface area contributed by atoms with Gasteiger partial charge in [-0.2, -0.15) is 0 Å². The third kappa shape index (κ3) is 75.9. The molecule has 0 aliphatic heterocycles. The van der Waals surface area contributed by atoms with Gasteiger partial charge in [0.2, 0.25) is 0 Å². The third-order valence-corrected chi connectivity index (χ3v) is 19.1. The lowest BCUT2D eigenvalue weighted by Gasteiger charge is -2.21. The van der Waals surface area contributed by atoms with Gasteiger partial charge in [-0.05, 0) is 128 Å². The number of phosphoric acid groups is 2. The van der Waals surface area contributed by atoms with Gasteiger partial charge in [-0.1, -0.05) is 304 Å². The SMILES string of the molecule is CC/C=C\C/C=C\C/C=C\C/C=C\C/C=C\CCCCCC(=O)OCC(COP(=O)(O)OCC(O)COP(=O)(O)OCC(COC(=O)CCCCCCCC/C=C\C/C=C\C/C=C\CCCCC)OC(=O)CCCCCCC/C=C\CCCC)OC(=O)CCCCCCCCCCCCCCCCC. The van der Waals surface area contributed by atoms with Crippen LogP contribution in [0, 0.1) is 0 Å². The summed E-state index contributed by atoms with van der Waals surface area (Å²) in [5, 5.41) is 10.6. The van der Waals surface area contributed by atoms with Crippen LogP contribution in [0.25, 0.3) is 0 Å². The molecule has 0 fully saturated rings. The first kappa shape index (κ1) is 99.7. The Morgan fingerprint density at radius 3 is 0.837 bits per heavy atom. The molecule has 5 unspecified atom stereocenters. The lowest BCUT2D eigenvalue weighted by Crippen LogP contribution is -2.30. The summed E-state index contributed by atoms with van der Waals surface area (Å²) in [6.07, 6.45) is 83.5. The van der Waals surface area contributed by atoms with Gasteiger partial charge >= 0.3 is 39.5 Å². The average molecular weight is 1500 g/mol. The molecule has 0 saturated heterocycles. The Labute approximate surface area is 632 Å². The summed E-state index contributed by atoms with van der Waals surface area (Å²) >= 11 is 0. The molecule has 0 aromatic rings. The standard InChI is InChI=1S/C85H148O17P2/c1-5-9-13-17-21-25-29-32-35-37-39-41-44-46-50-53-57-61-65-69-82(87)95-75-80(101-84(89)71-67-63-59-55-49-28-24-20-16-12-8-4)77-99-103(91,92)97-73-79(86)74-98-104(93,94)100-78-81(102-85(90)72-68-64-60-56-52-48-43-34-31-27-23-19-15-11-7-3)76-96-83(88)70-66-62-58-54-51-47-45-42-40-38-36-33-30-26-22-18-14-10-6-2/h10,14,20-22,24-26,32-33,35-36,39-42,47,51,79-81,86H,5-9,11-13,15-19,23,27-31,34,37-38,43-46,48-50,52-78H2,1-4H3,(H,91,92)(H,93,94)/b14-10-,24-20-,25-21-,26-22-,35-32-,36-33-,41-39-,42-40-,51-47-. The summed E-state index contributed by atoms with van der Waals surface area (Å²) < 4.78 is 68.6. The third-order valence-electron chi connectivity index (χ3n) is 17.2. The molecular formula is C85H148O17P2. The molecule has 0 saturated carbocycles. The predicted octanol–water partition coefficient (Wildman–Crippen LogP) is 24.1. The molecule has 0 bridgehead atoms. The summed E-state index contributed by atoms with van der Waals surface area (Å²) in [4.78, 5) is 73.0. The molecular weight excluding hydrogens is 1350 g/mol. The van der Waals surface area contributed by atoms with Crippen molar-refractivity contribution in [3.05, 3.63) is 109 Å². The van der Waals surface area contributed by atoms with Gasteiger partial charge in [0.05, 0.1) is 26.4 Å². The van der Waals surface area contributed by atoms with Crippen molar-refractivity contribution in [2.24, 2.45) is 0 Å². The van der Waals surface area contributed by atoms with Crippen LogP contribution in [0.4, 0.5) is 0 Å². The molecule has 0 heterocycles. The van der Waals surface area contributed by atoms with Crippen molar-refractivity contribution in [3.8, 4) is 0 Å². The van der Waals surface area contributed by atoms with E-state index < -0.39 is 97.5 Å². The molecule has 19 heteroatoms. The second-order valence-electron chi connectivity index (χ2n) is 27.3. The second kappa shape index (κ2) is 76.9. The fourth-order valence-corrected chi connectivity index (χ4v) is 12.5. The van der Waals surface area contributed by atoms with Crippen molar-refractivity contribution in [3.63, 3.8) is 0 Å². The minimum atomic E-state index is -4.98. The molecule has 0 aromatic heterocycles. The Morgan fingerprint density at radius 2 is 0.510 bits per heavy atom. The summed E-state index contributed by atoms with van der Waals surface area (Å²) in [5.74, 6) is -2.22. The van der Waals surface area contributed by atoms with Gasteiger partial charge in [0.15, 0.2) is 12.2 Å². The highest BCUT2D eigenvalue weighted by Gasteiger charge is 2.30. The number of hydrogen-bond acceptors (Lipinski definition) is 15. The van der Waals surface area contributed by atoms with E-state index in [2.05, 4.69) is 137 Å². The number of carbonyl (C=O) groups excluding carboxylic acids is 4. The normalized spacial score (nSPS) is 14.4. The molecule has 3 N–H and O–H groups in total. The van der Waals surface area contributed by atoms with Crippen LogP contribution in [-0.2, 0) is 65.4 Å². The Balaban J connectivity index is 5.34. The van der Waals surface area contributed by atoms with Crippen molar-refractivity contribution >= 4 is 39.5 Å². The topological polar surface area (TPSA) is 237 Å². The maximum absolute atomic E-state index is 13.1. The zero-order valence-electron chi connectivity index (χ0n) is 65.7. The minimum Gasteiger partial charge on any atom is -0.462 e. The van der Waals surface area contributed by atoms with Gasteiger partial charge in [-0.15, -0.1) is 0 Å². The van der Waals surface area contributed by atoms with Crippen molar-refractivity contribution < 1.29 is 80.2 Å². The highest BCUT2D eigenvalue weighted by atomic mass is 31.2. The molecule has 0 amide bonds. The number of unbranched alkanes of at least 4 members (excludes halogenated alkanes) is 33. The van der Waals surface area contributed by atoms with Crippen molar-refractivity contribution in [1.29, 1.82) is 0 Å². The lowest BCUT2D eigenvalue weighted by atomic mass is 10.0. The fourth-order valence-electron chi connectivity index (χ4n) is 10.9. The van der Waals surface area contributed by atoms with E-state index in [4.69, 9.17) is 37.0 Å².